The Morgan fingerprint density at radius 2 is 1.43 bits per heavy atom. The summed E-state index contributed by atoms with van der Waals surface area (Å²) in [5.74, 6) is 0. The molecule has 0 spiro atoms. The Balaban J connectivity index is 1.86. The number of benzene rings is 4. The Labute approximate surface area is 177 Å². The molecule has 30 heavy (non-hydrogen) atoms. The summed E-state index contributed by atoms with van der Waals surface area (Å²) in [7, 11) is 0. The van der Waals surface area contributed by atoms with Crippen LogP contribution < -0.4 is 10.6 Å². The lowest BCUT2D eigenvalue weighted by molar-refractivity contribution is 0.827. The fourth-order valence-corrected chi connectivity index (χ4v) is 4.43. The van der Waals surface area contributed by atoms with Crippen LogP contribution in [0.1, 0.15) is 12.5 Å². The quantitative estimate of drug-likeness (QED) is 0.360. The molecule has 4 aromatic carbocycles. The van der Waals surface area contributed by atoms with Crippen LogP contribution in [0.5, 0.6) is 0 Å². The van der Waals surface area contributed by atoms with Crippen LogP contribution in [0, 0.1) is 0 Å². The maximum Gasteiger partial charge on any atom is 0.0736 e. The second kappa shape index (κ2) is 7.69. The molecule has 0 saturated heterocycles. The molecule has 1 aromatic heterocycles. The van der Waals surface area contributed by atoms with Gasteiger partial charge in [0.05, 0.1) is 11.2 Å². The zero-order valence-electron chi connectivity index (χ0n) is 17.1. The van der Waals surface area contributed by atoms with E-state index in [0.717, 1.165) is 23.5 Å². The van der Waals surface area contributed by atoms with Crippen molar-refractivity contribution in [2.24, 2.45) is 5.73 Å². The van der Waals surface area contributed by atoms with Gasteiger partial charge in [-0.15, -0.1) is 0 Å². The van der Waals surface area contributed by atoms with Gasteiger partial charge in [-0.1, -0.05) is 60.7 Å². The minimum Gasteiger partial charge on any atom is -0.339 e. The Bertz CT molecular complexity index is 1320. The van der Waals surface area contributed by atoms with Crippen LogP contribution in [-0.4, -0.2) is 4.57 Å². The Kier molecular flexibility index (Phi) is 4.74. The van der Waals surface area contributed by atoms with Crippen molar-refractivity contribution in [3.05, 3.63) is 103 Å². The van der Waals surface area contributed by atoms with E-state index in [1.54, 1.807) is 0 Å². The summed E-state index contributed by atoms with van der Waals surface area (Å²) in [6.45, 7) is 3.65. The van der Waals surface area contributed by atoms with Crippen LogP contribution in [0.15, 0.2) is 97.1 Å². The number of nitrogens with zero attached hydrogens (tertiary/aromatic N) is 2. The third kappa shape index (κ3) is 2.95. The number of anilines is 3. The van der Waals surface area contributed by atoms with Gasteiger partial charge in [-0.2, -0.15) is 0 Å². The van der Waals surface area contributed by atoms with E-state index in [1.807, 2.05) is 0 Å². The molecule has 0 aliphatic carbocycles. The highest BCUT2D eigenvalue weighted by molar-refractivity contribution is 6.13. The van der Waals surface area contributed by atoms with Crippen molar-refractivity contribution in [3.8, 4) is 0 Å². The maximum absolute atomic E-state index is 5.96. The van der Waals surface area contributed by atoms with E-state index in [2.05, 4.69) is 113 Å². The zero-order valence-corrected chi connectivity index (χ0v) is 17.1. The van der Waals surface area contributed by atoms with Gasteiger partial charge in [0.15, 0.2) is 0 Å². The molecule has 0 saturated carbocycles. The van der Waals surface area contributed by atoms with Crippen LogP contribution in [0.3, 0.4) is 0 Å². The predicted octanol–water partition coefficient (Wildman–Crippen LogP) is 6.74. The molecule has 0 atom stereocenters. The van der Waals surface area contributed by atoms with Crippen LogP contribution in [0.4, 0.5) is 17.1 Å². The first-order chi connectivity index (χ1) is 14.8. The molecule has 0 bridgehead atoms. The SMILES string of the molecule is CCn1c2ccccc2c2cccc(N(c3ccccc3)c3cccc(CN)c3)c21. The van der Waals surface area contributed by atoms with E-state index in [9.17, 15) is 0 Å². The van der Waals surface area contributed by atoms with E-state index < -0.39 is 0 Å². The first kappa shape index (κ1) is 18.5. The number of hydrogen-bond donors (Lipinski definition) is 1. The van der Waals surface area contributed by atoms with Gasteiger partial charge in [0.25, 0.3) is 0 Å². The molecule has 0 aliphatic rings. The number of fused-ring (bicyclic) bond motifs is 3. The van der Waals surface area contributed by atoms with Crippen LogP contribution in [0.2, 0.25) is 0 Å². The standard InChI is InChI=1S/C27H25N3/c1-2-29-25-16-7-6-14-23(25)24-15-9-17-26(27(24)29)30(21-11-4-3-5-12-21)22-13-8-10-20(18-22)19-28/h3-18H,2,19,28H2,1H3. The van der Waals surface area contributed by atoms with E-state index in [-0.39, 0.29) is 0 Å². The van der Waals surface area contributed by atoms with E-state index in [0.29, 0.717) is 6.54 Å². The van der Waals surface area contributed by atoms with Gasteiger partial charge in [0.1, 0.15) is 0 Å². The lowest BCUT2D eigenvalue weighted by Gasteiger charge is -2.27. The van der Waals surface area contributed by atoms with E-state index in [1.165, 1.54) is 27.5 Å². The Hall–Kier alpha value is -3.56. The average Bonchev–Trinajstić information content (AvgIpc) is 3.15. The van der Waals surface area contributed by atoms with Crippen molar-refractivity contribution in [1.82, 2.24) is 4.57 Å². The molecule has 0 aliphatic heterocycles. The number of nitrogens with two attached hydrogens (primary N) is 1. The van der Waals surface area contributed by atoms with Gasteiger partial charge in [-0.25, -0.2) is 0 Å². The molecule has 3 heteroatoms. The third-order valence-corrected chi connectivity index (χ3v) is 5.75. The topological polar surface area (TPSA) is 34.2 Å². The number of aromatic nitrogens is 1. The van der Waals surface area contributed by atoms with Gasteiger partial charge in [0, 0.05) is 40.8 Å². The molecule has 0 amide bonds. The van der Waals surface area contributed by atoms with Crippen molar-refractivity contribution < 1.29 is 0 Å². The highest BCUT2D eigenvalue weighted by Crippen LogP contribution is 2.41. The summed E-state index contributed by atoms with van der Waals surface area (Å²) in [5, 5.41) is 2.57. The molecule has 5 aromatic rings. The molecule has 5 rings (SSSR count). The van der Waals surface area contributed by atoms with Crippen molar-refractivity contribution >= 4 is 38.9 Å². The summed E-state index contributed by atoms with van der Waals surface area (Å²) in [5.41, 5.74) is 13.0. The predicted molar refractivity (Wildman–Crippen MR) is 128 cm³/mol. The maximum atomic E-state index is 5.96. The van der Waals surface area contributed by atoms with Gasteiger partial charge in [-0.3, -0.25) is 0 Å². The molecular weight excluding hydrogens is 366 g/mol. The lowest BCUT2D eigenvalue weighted by atomic mass is 10.1. The third-order valence-electron chi connectivity index (χ3n) is 5.75. The van der Waals surface area contributed by atoms with E-state index >= 15 is 0 Å². The van der Waals surface area contributed by atoms with Crippen LogP contribution in [0.25, 0.3) is 21.8 Å². The molecular formula is C27H25N3. The monoisotopic (exact) mass is 391 g/mol. The molecule has 1 heterocycles. The summed E-state index contributed by atoms with van der Waals surface area (Å²) >= 11 is 0. The second-order valence-electron chi connectivity index (χ2n) is 7.48. The Morgan fingerprint density at radius 1 is 0.733 bits per heavy atom. The average molecular weight is 392 g/mol. The second-order valence-corrected chi connectivity index (χ2v) is 7.48. The van der Waals surface area contributed by atoms with E-state index in [4.69, 9.17) is 5.73 Å². The lowest BCUT2D eigenvalue weighted by Crippen LogP contribution is -2.12. The molecule has 0 unspecified atom stereocenters. The fraction of sp³-hybridized carbons (Fsp3) is 0.111. The highest BCUT2D eigenvalue weighted by Gasteiger charge is 2.19. The van der Waals surface area contributed by atoms with Gasteiger partial charge in [0.2, 0.25) is 0 Å². The zero-order chi connectivity index (χ0) is 20.5. The van der Waals surface area contributed by atoms with Crippen molar-refractivity contribution in [2.45, 2.75) is 20.0 Å². The Morgan fingerprint density at radius 3 is 2.23 bits per heavy atom. The number of rotatable bonds is 5. The molecule has 0 fully saturated rings. The van der Waals surface area contributed by atoms with Crippen molar-refractivity contribution in [1.29, 1.82) is 0 Å². The fourth-order valence-electron chi connectivity index (χ4n) is 4.43. The number of aryl methyl sites for hydroxylation is 1. The first-order valence-electron chi connectivity index (χ1n) is 10.5. The number of hydrogen-bond acceptors (Lipinski definition) is 2. The minimum atomic E-state index is 0.524. The largest absolute Gasteiger partial charge is 0.339 e. The van der Waals surface area contributed by atoms with Gasteiger partial charge < -0.3 is 15.2 Å². The highest BCUT2D eigenvalue weighted by atomic mass is 15.2. The van der Waals surface area contributed by atoms with Crippen LogP contribution >= 0.6 is 0 Å². The molecule has 0 radical (unpaired) electrons. The molecule has 3 nitrogen and oxygen atoms in total. The normalized spacial score (nSPS) is 11.3. The smallest absolute Gasteiger partial charge is 0.0736 e. The summed E-state index contributed by atoms with van der Waals surface area (Å²) < 4.78 is 2.42. The van der Waals surface area contributed by atoms with Gasteiger partial charge >= 0.3 is 0 Å². The first-order valence-corrected chi connectivity index (χ1v) is 10.5. The summed E-state index contributed by atoms with van der Waals surface area (Å²) in [6.07, 6.45) is 0. The van der Waals surface area contributed by atoms with Crippen molar-refractivity contribution in [3.63, 3.8) is 0 Å². The van der Waals surface area contributed by atoms with Crippen LogP contribution in [-0.2, 0) is 13.1 Å². The summed E-state index contributed by atoms with van der Waals surface area (Å²) in [4.78, 5) is 2.34. The number of para-hydroxylation sites is 3. The van der Waals surface area contributed by atoms with Gasteiger partial charge in [-0.05, 0) is 48.9 Å². The molecule has 148 valence electrons. The van der Waals surface area contributed by atoms with Crippen molar-refractivity contribution in [2.75, 3.05) is 4.90 Å². The molecule has 2 N–H and O–H groups in total. The minimum absolute atomic E-state index is 0.524. The summed E-state index contributed by atoms with van der Waals surface area (Å²) in [6, 6.07) is 34.3.